The molecule has 0 amide bonds. The maximum absolute atomic E-state index is 5.79. The fourth-order valence-electron chi connectivity index (χ4n) is 1.48. The van der Waals surface area contributed by atoms with Gasteiger partial charge in [0.25, 0.3) is 0 Å². The van der Waals surface area contributed by atoms with Gasteiger partial charge in [-0.25, -0.2) is 0 Å². The average molecular weight is 418 g/mol. The Kier molecular flexibility index (Phi) is 4.95. The van der Waals surface area contributed by atoms with E-state index >= 15 is 0 Å². The van der Waals surface area contributed by atoms with Crippen LogP contribution in [0.3, 0.4) is 0 Å². The van der Waals surface area contributed by atoms with Crippen LogP contribution < -0.4 is 15.2 Å². The zero-order chi connectivity index (χ0) is 14.7. The van der Waals surface area contributed by atoms with Crippen molar-refractivity contribution >= 4 is 49.1 Å². The lowest BCUT2D eigenvalue weighted by molar-refractivity contribution is 0.409. The van der Waals surface area contributed by atoms with Crippen molar-refractivity contribution in [2.24, 2.45) is 5.73 Å². The summed E-state index contributed by atoms with van der Waals surface area (Å²) in [6.07, 6.45) is 1.59. The van der Waals surface area contributed by atoms with Gasteiger partial charge in [-0.3, -0.25) is 4.98 Å². The van der Waals surface area contributed by atoms with Crippen molar-refractivity contribution in [2.75, 3.05) is 7.11 Å². The van der Waals surface area contributed by atoms with Crippen molar-refractivity contribution in [1.29, 1.82) is 0 Å². The quantitative estimate of drug-likeness (QED) is 0.760. The molecule has 4 nitrogen and oxygen atoms in total. The summed E-state index contributed by atoms with van der Waals surface area (Å²) >= 11 is 11.7. The highest BCUT2D eigenvalue weighted by Gasteiger charge is 2.10. The summed E-state index contributed by atoms with van der Waals surface area (Å²) < 4.78 is 12.6. The molecule has 0 atom stereocenters. The van der Waals surface area contributed by atoms with Crippen LogP contribution in [0.4, 0.5) is 0 Å². The highest BCUT2D eigenvalue weighted by Crippen LogP contribution is 2.38. The summed E-state index contributed by atoms with van der Waals surface area (Å²) in [7, 11) is 1.60. The Labute approximate surface area is 138 Å². The van der Waals surface area contributed by atoms with Gasteiger partial charge in [0.2, 0.25) is 0 Å². The highest BCUT2D eigenvalue weighted by molar-refractivity contribution is 9.11. The normalized spacial score (nSPS) is 10.2. The van der Waals surface area contributed by atoms with Crippen molar-refractivity contribution in [1.82, 2.24) is 4.98 Å². The van der Waals surface area contributed by atoms with E-state index in [2.05, 4.69) is 36.8 Å². The number of benzene rings is 1. The Balaban J connectivity index is 2.32. The van der Waals surface area contributed by atoms with E-state index in [4.69, 9.17) is 27.4 Å². The standard InChI is InChI=1S/C13H10Br2N2O2S/c1-18-11-5-9(15)12(6-8(11)14)19-7-2-3-17-10(4-7)13(16)20/h2-6H,1H3,(H2,16,20). The third kappa shape index (κ3) is 3.47. The summed E-state index contributed by atoms with van der Waals surface area (Å²) in [6, 6.07) is 7.04. The smallest absolute Gasteiger partial charge is 0.143 e. The molecule has 104 valence electrons. The minimum Gasteiger partial charge on any atom is -0.496 e. The van der Waals surface area contributed by atoms with Gasteiger partial charge in [-0.15, -0.1) is 0 Å². The molecule has 2 N–H and O–H groups in total. The van der Waals surface area contributed by atoms with Crippen LogP contribution in [0.2, 0.25) is 0 Å². The summed E-state index contributed by atoms with van der Waals surface area (Å²) in [5.74, 6) is 1.95. The Bertz CT molecular complexity index is 665. The average Bonchev–Trinajstić information content (AvgIpc) is 2.42. The molecule has 2 aromatic rings. The summed E-state index contributed by atoms with van der Waals surface area (Å²) in [4.78, 5) is 4.29. The van der Waals surface area contributed by atoms with Crippen LogP contribution in [-0.2, 0) is 0 Å². The lowest BCUT2D eigenvalue weighted by atomic mass is 10.3. The van der Waals surface area contributed by atoms with E-state index in [-0.39, 0.29) is 4.99 Å². The number of hydrogen-bond donors (Lipinski definition) is 1. The zero-order valence-electron chi connectivity index (χ0n) is 10.4. The van der Waals surface area contributed by atoms with Crippen molar-refractivity contribution in [2.45, 2.75) is 0 Å². The van der Waals surface area contributed by atoms with Gasteiger partial charge in [0.05, 0.1) is 16.1 Å². The van der Waals surface area contributed by atoms with E-state index in [1.54, 1.807) is 25.4 Å². The Morgan fingerprint density at radius 2 is 1.85 bits per heavy atom. The lowest BCUT2D eigenvalue weighted by Gasteiger charge is -2.11. The molecule has 0 saturated heterocycles. The molecule has 0 unspecified atom stereocenters. The Morgan fingerprint density at radius 3 is 2.50 bits per heavy atom. The van der Waals surface area contributed by atoms with Gasteiger partial charge < -0.3 is 15.2 Å². The predicted molar refractivity (Wildman–Crippen MR) is 88.6 cm³/mol. The number of ether oxygens (including phenoxy) is 2. The van der Waals surface area contributed by atoms with E-state index in [0.29, 0.717) is 22.9 Å². The molecule has 0 aliphatic carbocycles. The number of methoxy groups -OCH3 is 1. The first-order valence-corrected chi connectivity index (χ1v) is 7.47. The van der Waals surface area contributed by atoms with Gasteiger partial charge in [-0.2, -0.15) is 0 Å². The van der Waals surface area contributed by atoms with Crippen molar-refractivity contribution in [3.05, 3.63) is 45.1 Å². The molecule has 20 heavy (non-hydrogen) atoms. The van der Waals surface area contributed by atoms with Gasteiger partial charge >= 0.3 is 0 Å². The monoisotopic (exact) mass is 416 g/mol. The molecule has 0 radical (unpaired) electrons. The number of thiocarbonyl (C=S) groups is 1. The molecule has 0 aliphatic rings. The molecule has 1 aromatic heterocycles. The minimum atomic E-state index is 0.227. The molecule has 1 heterocycles. The zero-order valence-corrected chi connectivity index (χ0v) is 14.4. The van der Waals surface area contributed by atoms with E-state index in [1.165, 1.54) is 0 Å². The first-order chi connectivity index (χ1) is 9.51. The molecule has 0 fully saturated rings. The number of pyridine rings is 1. The summed E-state index contributed by atoms with van der Waals surface area (Å²) in [5.41, 5.74) is 6.06. The Morgan fingerprint density at radius 1 is 1.20 bits per heavy atom. The molecule has 1 aromatic carbocycles. The number of rotatable bonds is 4. The van der Waals surface area contributed by atoms with Gasteiger partial charge in [-0.05, 0) is 50.1 Å². The Hall–Kier alpha value is -1.18. The summed E-state index contributed by atoms with van der Waals surface area (Å²) in [6.45, 7) is 0. The predicted octanol–water partition coefficient (Wildman–Crippen LogP) is 4.04. The maximum atomic E-state index is 5.79. The molecule has 0 saturated carbocycles. The van der Waals surface area contributed by atoms with Crippen molar-refractivity contribution < 1.29 is 9.47 Å². The van der Waals surface area contributed by atoms with Crippen LogP contribution in [0.1, 0.15) is 5.69 Å². The SMILES string of the molecule is COc1cc(Br)c(Oc2ccnc(C(N)=S)c2)cc1Br. The number of hydrogen-bond acceptors (Lipinski definition) is 4. The fraction of sp³-hybridized carbons (Fsp3) is 0.0769. The van der Waals surface area contributed by atoms with E-state index in [9.17, 15) is 0 Å². The molecular weight excluding hydrogens is 408 g/mol. The van der Waals surface area contributed by atoms with Crippen LogP contribution in [-0.4, -0.2) is 17.1 Å². The van der Waals surface area contributed by atoms with Crippen LogP contribution in [0.5, 0.6) is 17.2 Å². The molecule has 0 bridgehead atoms. The second kappa shape index (κ2) is 6.51. The van der Waals surface area contributed by atoms with Crippen LogP contribution >= 0.6 is 44.1 Å². The van der Waals surface area contributed by atoms with E-state index < -0.39 is 0 Å². The minimum absolute atomic E-state index is 0.227. The first kappa shape index (κ1) is 15.2. The topological polar surface area (TPSA) is 57.4 Å². The van der Waals surface area contributed by atoms with Gasteiger partial charge in [0, 0.05) is 12.3 Å². The number of halogens is 2. The van der Waals surface area contributed by atoms with Gasteiger partial charge in [0.15, 0.2) is 0 Å². The molecule has 0 spiro atoms. The second-order valence-electron chi connectivity index (χ2n) is 3.76. The first-order valence-electron chi connectivity index (χ1n) is 5.48. The lowest BCUT2D eigenvalue weighted by Crippen LogP contribution is -2.11. The largest absolute Gasteiger partial charge is 0.496 e. The fourth-order valence-corrected chi connectivity index (χ4v) is 2.48. The van der Waals surface area contributed by atoms with Crippen molar-refractivity contribution in [3.8, 4) is 17.2 Å². The molecule has 7 heteroatoms. The van der Waals surface area contributed by atoms with Crippen LogP contribution in [0.25, 0.3) is 0 Å². The third-order valence-electron chi connectivity index (χ3n) is 2.42. The van der Waals surface area contributed by atoms with Crippen LogP contribution in [0, 0.1) is 0 Å². The second-order valence-corrected chi connectivity index (χ2v) is 5.91. The number of nitrogens with two attached hydrogens (primary N) is 1. The molecular formula is C13H10Br2N2O2S. The maximum Gasteiger partial charge on any atom is 0.143 e. The third-order valence-corrected chi connectivity index (χ3v) is 3.87. The van der Waals surface area contributed by atoms with Gasteiger partial charge in [0.1, 0.15) is 27.9 Å². The highest BCUT2D eigenvalue weighted by atomic mass is 79.9. The van der Waals surface area contributed by atoms with Gasteiger partial charge in [-0.1, -0.05) is 12.2 Å². The number of nitrogens with zero attached hydrogens (tertiary/aromatic N) is 1. The van der Waals surface area contributed by atoms with E-state index in [1.807, 2.05) is 12.1 Å². The molecule has 0 aliphatic heterocycles. The van der Waals surface area contributed by atoms with E-state index in [0.717, 1.165) is 8.95 Å². The van der Waals surface area contributed by atoms with Crippen molar-refractivity contribution in [3.63, 3.8) is 0 Å². The molecule has 2 rings (SSSR count). The summed E-state index contributed by atoms with van der Waals surface area (Å²) in [5, 5.41) is 0. The number of aromatic nitrogens is 1. The van der Waals surface area contributed by atoms with Crippen LogP contribution in [0.15, 0.2) is 39.4 Å².